The molecule has 7 heavy (non-hydrogen) atoms. The molecule has 1 aliphatic rings. The SMILES string of the molecule is C=C1[CH+]C=C=CC1. The lowest BCUT2D eigenvalue weighted by atomic mass is 10.1. The molecule has 0 radical (unpaired) electrons. The topological polar surface area (TPSA) is 0 Å². The van der Waals surface area contributed by atoms with Gasteiger partial charge in [0.2, 0.25) is 0 Å². The van der Waals surface area contributed by atoms with Gasteiger partial charge in [-0.3, -0.25) is 0 Å². The molecular formula is C7H7+. The van der Waals surface area contributed by atoms with E-state index in [1.807, 2.05) is 18.6 Å². The molecule has 0 saturated carbocycles. The summed E-state index contributed by atoms with van der Waals surface area (Å²) in [6, 6.07) is 0. The molecule has 0 unspecified atom stereocenters. The van der Waals surface area contributed by atoms with Gasteiger partial charge in [-0.25, -0.2) is 0 Å². The van der Waals surface area contributed by atoms with Crippen molar-refractivity contribution >= 4 is 0 Å². The van der Waals surface area contributed by atoms with Crippen molar-refractivity contribution < 1.29 is 0 Å². The minimum absolute atomic E-state index is 0.969. The lowest BCUT2D eigenvalue weighted by Gasteiger charge is -1.87. The summed E-state index contributed by atoms with van der Waals surface area (Å²) in [6.07, 6.45) is 6.80. The van der Waals surface area contributed by atoms with Crippen LogP contribution in [0.2, 0.25) is 0 Å². The summed E-state index contributed by atoms with van der Waals surface area (Å²) >= 11 is 0. The van der Waals surface area contributed by atoms with Crippen LogP contribution in [0.5, 0.6) is 0 Å². The van der Waals surface area contributed by atoms with E-state index in [2.05, 4.69) is 12.3 Å². The first-order chi connectivity index (χ1) is 3.39. The minimum Gasteiger partial charge on any atom is -0.00929 e. The summed E-state index contributed by atoms with van der Waals surface area (Å²) in [5.74, 6) is 0. The van der Waals surface area contributed by atoms with E-state index in [4.69, 9.17) is 0 Å². The van der Waals surface area contributed by atoms with E-state index in [0.717, 1.165) is 6.42 Å². The van der Waals surface area contributed by atoms with Gasteiger partial charge in [0.05, 0.1) is 12.0 Å². The Kier molecular flexibility index (Phi) is 1.06. The molecule has 0 aromatic rings. The molecule has 1 aliphatic carbocycles. The van der Waals surface area contributed by atoms with Crippen molar-refractivity contribution in [1.29, 1.82) is 0 Å². The number of rotatable bonds is 0. The molecule has 0 heteroatoms. The van der Waals surface area contributed by atoms with E-state index in [-0.39, 0.29) is 0 Å². The summed E-state index contributed by atoms with van der Waals surface area (Å²) in [5.41, 5.74) is 4.11. The molecule has 1 rings (SSSR count). The van der Waals surface area contributed by atoms with Crippen LogP contribution in [0.15, 0.2) is 30.0 Å². The molecule has 0 heterocycles. The summed E-state index contributed by atoms with van der Waals surface area (Å²) in [7, 11) is 0. The predicted molar refractivity (Wildman–Crippen MR) is 30.7 cm³/mol. The normalized spacial score (nSPS) is 16.9. The van der Waals surface area contributed by atoms with Gasteiger partial charge in [-0.2, -0.15) is 0 Å². The zero-order valence-corrected chi connectivity index (χ0v) is 4.15. The van der Waals surface area contributed by atoms with Gasteiger partial charge in [0.15, 0.2) is 0 Å². The fourth-order valence-corrected chi connectivity index (χ4v) is 0.492. The molecule has 0 aromatic carbocycles. The van der Waals surface area contributed by atoms with Gasteiger partial charge in [0.25, 0.3) is 0 Å². The highest BCUT2D eigenvalue weighted by Crippen LogP contribution is 2.06. The Morgan fingerprint density at radius 3 is 3.00 bits per heavy atom. The number of allylic oxidation sites excluding steroid dienone is 2. The molecule has 0 nitrogen and oxygen atoms in total. The highest BCUT2D eigenvalue weighted by molar-refractivity contribution is 5.23. The van der Waals surface area contributed by atoms with Crippen LogP contribution in [0.25, 0.3) is 0 Å². The summed E-state index contributed by atoms with van der Waals surface area (Å²) in [4.78, 5) is 0. The van der Waals surface area contributed by atoms with E-state index in [9.17, 15) is 0 Å². The minimum atomic E-state index is 0.969. The largest absolute Gasteiger partial charge is 0.101 e. The average Bonchev–Trinajstić information content (AvgIpc) is 1.69. The smallest absolute Gasteiger partial charge is 0.00929 e. The summed E-state index contributed by atoms with van der Waals surface area (Å²) in [6.45, 7) is 3.76. The zero-order chi connectivity index (χ0) is 5.11. The van der Waals surface area contributed by atoms with Crippen molar-refractivity contribution in [3.8, 4) is 0 Å². The third kappa shape index (κ3) is 0.989. The fraction of sp³-hybridized carbons (Fsp3) is 0.143. The first-order valence-corrected chi connectivity index (χ1v) is 2.31. The molecule has 0 N–H and O–H groups in total. The summed E-state index contributed by atoms with van der Waals surface area (Å²) in [5, 5.41) is 0. The molecule has 0 amide bonds. The van der Waals surface area contributed by atoms with Crippen molar-refractivity contribution in [3.63, 3.8) is 0 Å². The maximum atomic E-state index is 3.76. The first kappa shape index (κ1) is 4.29. The Labute approximate surface area is 43.9 Å². The predicted octanol–water partition coefficient (Wildman–Crippen LogP) is 1.86. The van der Waals surface area contributed by atoms with Crippen LogP contribution in [-0.2, 0) is 0 Å². The molecule has 0 aliphatic heterocycles. The van der Waals surface area contributed by atoms with Gasteiger partial charge < -0.3 is 0 Å². The molecular weight excluding hydrogens is 84.1 g/mol. The standard InChI is InChI=1S/C7H7/c1-7-5-3-2-4-6-7/h3-5H,1,6H2/q+1. The highest BCUT2D eigenvalue weighted by Gasteiger charge is 1.97. The Balaban J connectivity index is 2.66. The van der Waals surface area contributed by atoms with Crippen molar-refractivity contribution in [1.82, 2.24) is 0 Å². The second kappa shape index (κ2) is 1.72. The van der Waals surface area contributed by atoms with Gasteiger partial charge >= 0.3 is 0 Å². The van der Waals surface area contributed by atoms with Crippen LogP contribution in [0.3, 0.4) is 0 Å². The third-order valence-electron chi connectivity index (χ3n) is 0.897. The van der Waals surface area contributed by atoms with Crippen LogP contribution in [0.4, 0.5) is 0 Å². The third-order valence-corrected chi connectivity index (χ3v) is 0.897. The van der Waals surface area contributed by atoms with Gasteiger partial charge in [-0.15, -0.1) is 0 Å². The maximum absolute atomic E-state index is 3.76. The van der Waals surface area contributed by atoms with Gasteiger partial charge in [0.1, 0.15) is 6.08 Å². The van der Waals surface area contributed by atoms with E-state index in [0.29, 0.717) is 0 Å². The zero-order valence-electron chi connectivity index (χ0n) is 4.15. The van der Waals surface area contributed by atoms with Crippen molar-refractivity contribution in [2.24, 2.45) is 0 Å². The molecule has 0 bridgehead atoms. The van der Waals surface area contributed by atoms with Crippen LogP contribution >= 0.6 is 0 Å². The Bertz CT molecular complexity index is 122. The molecule has 34 valence electrons. The van der Waals surface area contributed by atoms with Gasteiger partial charge in [-0.1, -0.05) is 0 Å². The van der Waals surface area contributed by atoms with Crippen molar-refractivity contribution in [2.45, 2.75) is 6.42 Å². The Hall–Kier alpha value is -0.870. The second-order valence-electron chi connectivity index (χ2n) is 1.57. The van der Waals surface area contributed by atoms with Crippen LogP contribution in [-0.4, -0.2) is 0 Å². The average molecular weight is 91.1 g/mol. The highest BCUT2D eigenvalue weighted by atomic mass is 13.9. The lowest BCUT2D eigenvalue weighted by molar-refractivity contribution is 1.24. The Morgan fingerprint density at radius 1 is 1.86 bits per heavy atom. The van der Waals surface area contributed by atoms with E-state index in [1.54, 1.807) is 0 Å². The number of hydrogen-bond acceptors (Lipinski definition) is 0. The summed E-state index contributed by atoms with van der Waals surface area (Å²) < 4.78 is 0. The van der Waals surface area contributed by atoms with E-state index in [1.165, 1.54) is 5.57 Å². The molecule has 0 atom stereocenters. The molecule has 0 spiro atoms. The van der Waals surface area contributed by atoms with Crippen molar-refractivity contribution in [2.75, 3.05) is 0 Å². The fourth-order valence-electron chi connectivity index (χ4n) is 0.492. The first-order valence-electron chi connectivity index (χ1n) is 2.31. The lowest BCUT2D eigenvalue weighted by Crippen LogP contribution is -1.78. The maximum Gasteiger partial charge on any atom is 0.101 e. The van der Waals surface area contributed by atoms with Gasteiger partial charge in [0, 0.05) is 18.2 Å². The Morgan fingerprint density at radius 2 is 2.71 bits per heavy atom. The van der Waals surface area contributed by atoms with E-state index >= 15 is 0 Å². The van der Waals surface area contributed by atoms with Crippen LogP contribution in [0, 0.1) is 6.42 Å². The monoisotopic (exact) mass is 91.1 g/mol. The van der Waals surface area contributed by atoms with Crippen molar-refractivity contribution in [3.05, 3.63) is 36.5 Å². The molecule has 0 fully saturated rings. The molecule has 0 saturated heterocycles. The van der Waals surface area contributed by atoms with E-state index < -0.39 is 0 Å². The number of hydrogen-bond donors (Lipinski definition) is 0. The molecule has 0 aromatic heterocycles. The van der Waals surface area contributed by atoms with Gasteiger partial charge in [-0.05, 0) is 6.58 Å². The quantitative estimate of drug-likeness (QED) is 0.315. The second-order valence-corrected chi connectivity index (χ2v) is 1.57. The van der Waals surface area contributed by atoms with Crippen LogP contribution < -0.4 is 0 Å². The van der Waals surface area contributed by atoms with Crippen LogP contribution in [0.1, 0.15) is 6.42 Å².